The van der Waals surface area contributed by atoms with Gasteiger partial charge in [-0.15, -0.1) is 0 Å². The fourth-order valence-electron chi connectivity index (χ4n) is 1.90. The number of nitrogens with one attached hydrogen (secondary N) is 1. The normalized spacial score (nSPS) is 12.6. The van der Waals surface area contributed by atoms with Crippen LogP contribution in [-0.4, -0.2) is 29.1 Å². The number of anilines is 1. The molecule has 0 saturated carbocycles. The Hall–Kier alpha value is -1.36. The Kier molecular flexibility index (Phi) is 6.40. The number of aromatic nitrogens is 2. The van der Waals surface area contributed by atoms with E-state index in [-0.39, 0.29) is 11.9 Å². The van der Waals surface area contributed by atoms with Gasteiger partial charge in [-0.05, 0) is 19.3 Å². The molecule has 118 valence electrons. The van der Waals surface area contributed by atoms with Gasteiger partial charge in [-0.2, -0.15) is 0 Å². The molecule has 1 heterocycles. The van der Waals surface area contributed by atoms with E-state index < -0.39 is 6.04 Å². The van der Waals surface area contributed by atoms with Crippen molar-refractivity contribution < 1.29 is 9.53 Å². The molecule has 6 heteroatoms. The summed E-state index contributed by atoms with van der Waals surface area (Å²) < 4.78 is 4.86. The Balaban J connectivity index is 3.10. The maximum absolute atomic E-state index is 11.9. The summed E-state index contributed by atoms with van der Waals surface area (Å²) in [5.74, 6) is 1.45. The molecule has 0 aliphatic rings. The molecule has 0 amide bonds. The first-order valence-electron chi connectivity index (χ1n) is 7.14. The van der Waals surface area contributed by atoms with Crippen molar-refractivity contribution in [1.29, 1.82) is 0 Å². The van der Waals surface area contributed by atoms with Crippen LogP contribution in [0.15, 0.2) is 0 Å². The summed E-state index contributed by atoms with van der Waals surface area (Å²) in [6, 6.07) is -0.445. The van der Waals surface area contributed by atoms with Gasteiger partial charge in [-0.25, -0.2) is 14.8 Å². The maximum Gasteiger partial charge on any atom is 0.328 e. The number of ether oxygens (including phenoxy) is 1. The Labute approximate surface area is 131 Å². The van der Waals surface area contributed by atoms with Crippen molar-refractivity contribution >= 4 is 23.4 Å². The van der Waals surface area contributed by atoms with Crippen molar-refractivity contribution in [1.82, 2.24) is 9.97 Å². The topological polar surface area (TPSA) is 64.1 Å². The van der Waals surface area contributed by atoms with Gasteiger partial charge >= 0.3 is 5.97 Å². The number of nitrogens with zero attached hydrogens (tertiary/aromatic N) is 2. The quantitative estimate of drug-likeness (QED) is 0.642. The molecule has 0 aliphatic carbocycles. The van der Waals surface area contributed by atoms with Crippen molar-refractivity contribution in [3.63, 3.8) is 0 Å². The lowest BCUT2D eigenvalue weighted by molar-refractivity contribution is -0.141. The van der Waals surface area contributed by atoms with Gasteiger partial charge in [-0.1, -0.05) is 39.3 Å². The molecule has 1 rings (SSSR count). The maximum atomic E-state index is 11.9. The van der Waals surface area contributed by atoms with Gasteiger partial charge in [0.2, 0.25) is 0 Å². The Morgan fingerprint density at radius 1 is 1.29 bits per heavy atom. The monoisotopic (exact) mass is 313 g/mol. The van der Waals surface area contributed by atoms with Crippen LogP contribution >= 0.6 is 11.6 Å². The molecular formula is C15H24ClN3O2. The zero-order valence-corrected chi connectivity index (χ0v) is 14.3. The molecule has 0 aromatic carbocycles. The van der Waals surface area contributed by atoms with E-state index in [2.05, 4.69) is 29.1 Å². The van der Waals surface area contributed by atoms with Gasteiger partial charge in [0, 0.05) is 11.5 Å². The van der Waals surface area contributed by atoms with Crippen LogP contribution in [-0.2, 0) is 9.53 Å². The molecule has 1 aromatic heterocycles. The summed E-state index contributed by atoms with van der Waals surface area (Å²) in [5.41, 5.74) is 0.735. The summed E-state index contributed by atoms with van der Waals surface area (Å²) in [6.07, 6.45) is 0.657. The van der Waals surface area contributed by atoms with Gasteiger partial charge in [0.05, 0.1) is 7.11 Å². The average molecular weight is 314 g/mol. The number of hydrogen-bond donors (Lipinski definition) is 1. The van der Waals surface area contributed by atoms with Crippen molar-refractivity contribution in [2.24, 2.45) is 5.92 Å². The fourth-order valence-corrected chi connectivity index (χ4v) is 2.07. The highest BCUT2D eigenvalue weighted by atomic mass is 35.5. The smallest absolute Gasteiger partial charge is 0.328 e. The minimum Gasteiger partial charge on any atom is -0.467 e. The lowest BCUT2D eigenvalue weighted by atomic mass is 10.0. The molecular weight excluding hydrogens is 290 g/mol. The van der Waals surface area contributed by atoms with E-state index in [9.17, 15) is 4.79 Å². The van der Waals surface area contributed by atoms with E-state index in [4.69, 9.17) is 16.3 Å². The van der Waals surface area contributed by atoms with Gasteiger partial charge in [0.15, 0.2) is 0 Å². The van der Waals surface area contributed by atoms with Crippen molar-refractivity contribution in [3.8, 4) is 0 Å². The number of hydrogen-bond acceptors (Lipinski definition) is 5. The Morgan fingerprint density at radius 3 is 2.38 bits per heavy atom. The summed E-state index contributed by atoms with van der Waals surface area (Å²) in [7, 11) is 1.39. The first kappa shape index (κ1) is 17.7. The second-order valence-electron chi connectivity index (χ2n) is 5.85. The summed E-state index contributed by atoms with van der Waals surface area (Å²) in [5, 5.41) is 3.56. The van der Waals surface area contributed by atoms with Crippen LogP contribution in [0.2, 0.25) is 5.15 Å². The number of carbonyl (C=O) groups is 1. The van der Waals surface area contributed by atoms with E-state index in [1.54, 1.807) is 0 Å². The van der Waals surface area contributed by atoms with Crippen LogP contribution in [0.4, 0.5) is 5.82 Å². The lowest BCUT2D eigenvalue weighted by Gasteiger charge is -2.21. The third-order valence-corrected chi connectivity index (χ3v) is 3.49. The SMILES string of the molecule is COC(=O)C(CC(C)C)Nc1nc(C(C)C)nc(Cl)c1C. The molecule has 1 aromatic rings. The van der Waals surface area contributed by atoms with E-state index in [0.717, 1.165) is 5.56 Å². The molecule has 0 bridgehead atoms. The molecule has 5 nitrogen and oxygen atoms in total. The minimum absolute atomic E-state index is 0.158. The zero-order chi connectivity index (χ0) is 16.2. The zero-order valence-electron chi connectivity index (χ0n) is 13.5. The largest absolute Gasteiger partial charge is 0.467 e. The van der Waals surface area contributed by atoms with E-state index in [1.165, 1.54) is 7.11 Å². The molecule has 0 radical (unpaired) electrons. The van der Waals surface area contributed by atoms with Crippen LogP contribution in [0.1, 0.15) is 51.4 Å². The van der Waals surface area contributed by atoms with E-state index >= 15 is 0 Å². The number of halogens is 1. The molecule has 1 unspecified atom stereocenters. The molecule has 1 atom stereocenters. The average Bonchev–Trinajstić information content (AvgIpc) is 2.41. The molecule has 0 aliphatic heterocycles. The van der Waals surface area contributed by atoms with Gasteiger partial charge in [0.1, 0.15) is 22.8 Å². The molecule has 1 N–H and O–H groups in total. The number of methoxy groups -OCH3 is 1. The highest BCUT2D eigenvalue weighted by Crippen LogP contribution is 2.24. The number of esters is 1. The van der Waals surface area contributed by atoms with Crippen molar-refractivity contribution in [2.45, 2.75) is 53.0 Å². The first-order chi connectivity index (χ1) is 9.76. The van der Waals surface area contributed by atoms with Gasteiger partial charge in [-0.3, -0.25) is 0 Å². The van der Waals surface area contributed by atoms with Gasteiger partial charge < -0.3 is 10.1 Å². The highest BCUT2D eigenvalue weighted by molar-refractivity contribution is 6.30. The molecule has 21 heavy (non-hydrogen) atoms. The first-order valence-corrected chi connectivity index (χ1v) is 7.52. The summed E-state index contributed by atoms with van der Waals surface area (Å²) in [6.45, 7) is 9.93. The van der Waals surface area contributed by atoms with Crippen molar-refractivity contribution in [3.05, 3.63) is 16.5 Å². The van der Waals surface area contributed by atoms with Crippen LogP contribution in [0.25, 0.3) is 0 Å². The van der Waals surface area contributed by atoms with E-state index in [0.29, 0.717) is 29.1 Å². The Bertz CT molecular complexity index is 504. The second kappa shape index (κ2) is 7.59. The predicted octanol–water partition coefficient (Wildman–Crippen LogP) is 3.56. The van der Waals surface area contributed by atoms with Crippen LogP contribution in [0.3, 0.4) is 0 Å². The second-order valence-corrected chi connectivity index (χ2v) is 6.21. The highest BCUT2D eigenvalue weighted by Gasteiger charge is 2.23. The minimum atomic E-state index is -0.445. The number of carbonyl (C=O) groups excluding carboxylic acids is 1. The van der Waals surface area contributed by atoms with Crippen LogP contribution in [0.5, 0.6) is 0 Å². The molecule has 0 spiro atoms. The third-order valence-electron chi connectivity index (χ3n) is 3.12. The molecule has 0 saturated heterocycles. The van der Waals surface area contributed by atoms with Crippen molar-refractivity contribution in [2.75, 3.05) is 12.4 Å². The predicted molar refractivity (Wildman–Crippen MR) is 84.7 cm³/mol. The summed E-state index contributed by atoms with van der Waals surface area (Å²) >= 11 is 6.16. The fraction of sp³-hybridized carbons (Fsp3) is 0.667. The lowest BCUT2D eigenvalue weighted by Crippen LogP contribution is -2.33. The van der Waals surface area contributed by atoms with Crippen LogP contribution in [0, 0.1) is 12.8 Å². The number of rotatable bonds is 6. The van der Waals surface area contributed by atoms with Crippen LogP contribution < -0.4 is 5.32 Å². The molecule has 0 fully saturated rings. The van der Waals surface area contributed by atoms with Gasteiger partial charge in [0.25, 0.3) is 0 Å². The third kappa shape index (κ3) is 4.84. The Morgan fingerprint density at radius 2 is 1.90 bits per heavy atom. The summed E-state index contributed by atoms with van der Waals surface area (Å²) in [4.78, 5) is 20.7. The van der Waals surface area contributed by atoms with E-state index in [1.807, 2.05) is 20.8 Å². The standard InChI is InChI=1S/C15H24ClN3O2/c1-8(2)7-11(15(20)21-6)17-14-10(5)12(16)18-13(19-14)9(3)4/h8-9,11H,7H2,1-6H3,(H,17,18,19).